The van der Waals surface area contributed by atoms with Crippen LogP contribution < -0.4 is 11.1 Å². The van der Waals surface area contributed by atoms with E-state index in [0.29, 0.717) is 0 Å². The highest BCUT2D eigenvalue weighted by Gasteiger charge is 2.09. The van der Waals surface area contributed by atoms with Crippen LogP contribution in [0.2, 0.25) is 0 Å². The van der Waals surface area contributed by atoms with E-state index in [1.165, 1.54) is 29.4 Å². The summed E-state index contributed by atoms with van der Waals surface area (Å²) in [5, 5.41) is 5.53. The SMILES string of the molecule is NC(=O)NC(=O)CSc1ncnc2sccc12. The lowest BCUT2D eigenvalue weighted by Crippen LogP contribution is -2.36. The van der Waals surface area contributed by atoms with Gasteiger partial charge < -0.3 is 5.73 Å². The summed E-state index contributed by atoms with van der Waals surface area (Å²) in [6, 6.07) is 1.05. The number of nitrogens with one attached hydrogen (secondary N) is 1. The van der Waals surface area contributed by atoms with Crippen LogP contribution in [0.5, 0.6) is 0 Å². The zero-order valence-corrected chi connectivity index (χ0v) is 10.2. The molecule has 0 saturated carbocycles. The Hall–Kier alpha value is -1.67. The lowest BCUT2D eigenvalue weighted by Gasteiger charge is -2.01. The number of carbonyl (C=O) groups excluding carboxylic acids is 2. The molecule has 2 rings (SSSR count). The van der Waals surface area contributed by atoms with Gasteiger partial charge in [-0.25, -0.2) is 14.8 Å². The summed E-state index contributed by atoms with van der Waals surface area (Å²) >= 11 is 2.75. The van der Waals surface area contributed by atoms with Crippen molar-refractivity contribution in [2.75, 3.05) is 5.75 Å². The number of nitrogens with zero attached hydrogens (tertiary/aromatic N) is 2. The van der Waals surface area contributed by atoms with Gasteiger partial charge >= 0.3 is 6.03 Å². The highest BCUT2D eigenvalue weighted by atomic mass is 32.2. The third-order valence-corrected chi connectivity index (χ3v) is 3.65. The van der Waals surface area contributed by atoms with Crippen molar-refractivity contribution in [3.8, 4) is 0 Å². The highest BCUT2D eigenvalue weighted by Crippen LogP contribution is 2.27. The van der Waals surface area contributed by atoms with Gasteiger partial charge in [-0.05, 0) is 11.4 Å². The molecule has 0 spiro atoms. The number of rotatable bonds is 3. The van der Waals surface area contributed by atoms with Gasteiger partial charge in [-0.1, -0.05) is 11.8 Å². The smallest absolute Gasteiger partial charge is 0.318 e. The van der Waals surface area contributed by atoms with Crippen molar-refractivity contribution < 1.29 is 9.59 Å². The number of urea groups is 1. The molecule has 0 aliphatic rings. The normalized spacial score (nSPS) is 10.4. The van der Waals surface area contributed by atoms with Crippen LogP contribution in [0.25, 0.3) is 10.2 Å². The molecule has 3 amide bonds. The third-order valence-electron chi connectivity index (χ3n) is 1.83. The van der Waals surface area contributed by atoms with Gasteiger partial charge in [0.2, 0.25) is 5.91 Å². The molecule has 0 bridgehead atoms. The molecule has 8 heteroatoms. The molecule has 0 radical (unpaired) electrons. The average Bonchev–Trinajstić information content (AvgIpc) is 2.73. The van der Waals surface area contributed by atoms with Crippen molar-refractivity contribution in [3.05, 3.63) is 17.8 Å². The Balaban J connectivity index is 2.06. The van der Waals surface area contributed by atoms with E-state index in [0.717, 1.165) is 15.2 Å². The quantitative estimate of drug-likeness (QED) is 0.638. The minimum Gasteiger partial charge on any atom is -0.351 e. The van der Waals surface area contributed by atoms with E-state index in [-0.39, 0.29) is 5.75 Å². The zero-order valence-electron chi connectivity index (χ0n) is 8.54. The molecule has 0 fully saturated rings. The molecule has 17 heavy (non-hydrogen) atoms. The number of hydrogen-bond donors (Lipinski definition) is 2. The maximum atomic E-state index is 11.2. The van der Waals surface area contributed by atoms with E-state index >= 15 is 0 Å². The molecular formula is C9H8N4O2S2. The van der Waals surface area contributed by atoms with E-state index < -0.39 is 11.9 Å². The maximum Gasteiger partial charge on any atom is 0.318 e. The van der Waals surface area contributed by atoms with Gasteiger partial charge in [0.15, 0.2) is 0 Å². The fourth-order valence-electron chi connectivity index (χ4n) is 1.19. The monoisotopic (exact) mass is 268 g/mol. The Morgan fingerprint density at radius 3 is 3.06 bits per heavy atom. The molecule has 6 nitrogen and oxygen atoms in total. The van der Waals surface area contributed by atoms with Crippen LogP contribution in [0, 0.1) is 0 Å². The first-order chi connectivity index (χ1) is 8.16. The molecule has 0 aliphatic carbocycles. The summed E-state index contributed by atoms with van der Waals surface area (Å²) in [6.45, 7) is 0. The Kier molecular flexibility index (Phi) is 3.55. The van der Waals surface area contributed by atoms with Crippen molar-refractivity contribution in [2.45, 2.75) is 5.03 Å². The molecule has 2 aromatic rings. The summed E-state index contributed by atoms with van der Waals surface area (Å²) in [5.74, 6) is -0.352. The number of hydrogen-bond acceptors (Lipinski definition) is 6. The Labute approximate surface area is 105 Å². The van der Waals surface area contributed by atoms with Gasteiger partial charge in [-0.3, -0.25) is 10.1 Å². The molecule has 0 unspecified atom stereocenters. The number of imide groups is 1. The van der Waals surface area contributed by atoms with Crippen molar-refractivity contribution in [1.29, 1.82) is 0 Å². The number of carbonyl (C=O) groups is 2. The van der Waals surface area contributed by atoms with Gasteiger partial charge in [0.05, 0.1) is 5.75 Å². The van der Waals surface area contributed by atoms with Crippen molar-refractivity contribution in [3.63, 3.8) is 0 Å². The maximum absolute atomic E-state index is 11.2. The Morgan fingerprint density at radius 1 is 1.47 bits per heavy atom. The molecule has 0 saturated heterocycles. The molecule has 2 aromatic heterocycles. The third kappa shape index (κ3) is 2.92. The number of aromatic nitrogens is 2. The van der Waals surface area contributed by atoms with E-state index in [1.807, 2.05) is 16.8 Å². The lowest BCUT2D eigenvalue weighted by atomic mass is 10.4. The number of fused-ring (bicyclic) bond motifs is 1. The van der Waals surface area contributed by atoms with E-state index in [4.69, 9.17) is 5.73 Å². The summed E-state index contributed by atoms with van der Waals surface area (Å²) in [4.78, 5) is 30.7. The van der Waals surface area contributed by atoms with Crippen LogP contribution in [0.15, 0.2) is 22.8 Å². The van der Waals surface area contributed by atoms with Gasteiger partial charge in [-0.15, -0.1) is 11.3 Å². The van der Waals surface area contributed by atoms with Crippen LogP contribution in [0.4, 0.5) is 4.79 Å². The average molecular weight is 268 g/mol. The fourth-order valence-corrected chi connectivity index (χ4v) is 2.77. The first kappa shape index (κ1) is 11.8. The molecular weight excluding hydrogens is 260 g/mol. The zero-order chi connectivity index (χ0) is 12.3. The second-order valence-corrected chi connectivity index (χ2v) is 4.88. The molecule has 88 valence electrons. The van der Waals surface area contributed by atoms with E-state index in [9.17, 15) is 9.59 Å². The minimum atomic E-state index is -0.848. The standard InChI is InChI=1S/C9H8N4O2S2/c10-9(15)13-6(14)3-17-8-5-1-2-16-7(5)11-4-12-8/h1-2,4H,3H2,(H3,10,13,14,15). The number of thioether (sulfide) groups is 1. The summed E-state index contributed by atoms with van der Waals surface area (Å²) < 4.78 is 0. The first-order valence-electron chi connectivity index (χ1n) is 4.57. The van der Waals surface area contributed by atoms with E-state index in [1.54, 1.807) is 0 Å². The van der Waals surface area contributed by atoms with Gasteiger partial charge in [0, 0.05) is 5.39 Å². The van der Waals surface area contributed by atoms with Crippen LogP contribution in [-0.4, -0.2) is 27.7 Å². The van der Waals surface area contributed by atoms with Crippen LogP contribution in [0.3, 0.4) is 0 Å². The molecule has 3 N–H and O–H groups in total. The molecule has 0 atom stereocenters. The van der Waals surface area contributed by atoms with Crippen LogP contribution in [-0.2, 0) is 4.79 Å². The largest absolute Gasteiger partial charge is 0.351 e. The predicted octanol–water partition coefficient (Wildman–Crippen LogP) is 0.978. The molecule has 0 aliphatic heterocycles. The van der Waals surface area contributed by atoms with Gasteiger partial charge in [-0.2, -0.15) is 0 Å². The minimum absolute atomic E-state index is 0.0882. The van der Waals surface area contributed by atoms with Gasteiger partial charge in [0.1, 0.15) is 16.2 Å². The van der Waals surface area contributed by atoms with Crippen molar-refractivity contribution in [2.24, 2.45) is 5.73 Å². The highest BCUT2D eigenvalue weighted by molar-refractivity contribution is 8.00. The summed E-state index contributed by atoms with van der Waals surface area (Å²) in [5.41, 5.74) is 4.83. The predicted molar refractivity (Wildman–Crippen MR) is 65.9 cm³/mol. The lowest BCUT2D eigenvalue weighted by molar-refractivity contribution is -0.117. The molecule has 0 aromatic carbocycles. The van der Waals surface area contributed by atoms with Crippen molar-refractivity contribution >= 4 is 45.3 Å². The van der Waals surface area contributed by atoms with Gasteiger partial charge in [0.25, 0.3) is 0 Å². The summed E-state index contributed by atoms with van der Waals surface area (Å²) in [7, 11) is 0. The van der Waals surface area contributed by atoms with Crippen molar-refractivity contribution in [1.82, 2.24) is 15.3 Å². The van der Waals surface area contributed by atoms with Crippen LogP contribution in [0.1, 0.15) is 0 Å². The first-order valence-corrected chi connectivity index (χ1v) is 6.43. The number of nitrogens with two attached hydrogens (primary N) is 1. The number of thiophene rings is 1. The topological polar surface area (TPSA) is 98.0 Å². The number of primary amides is 1. The van der Waals surface area contributed by atoms with E-state index in [2.05, 4.69) is 9.97 Å². The summed E-state index contributed by atoms with van der Waals surface area (Å²) in [6.07, 6.45) is 1.45. The Bertz CT molecular complexity index is 569. The second kappa shape index (κ2) is 5.11. The molecule has 2 heterocycles. The second-order valence-electron chi connectivity index (χ2n) is 3.02. The number of amides is 3. The fraction of sp³-hybridized carbons (Fsp3) is 0.111. The van der Waals surface area contributed by atoms with Crippen LogP contribution >= 0.6 is 23.1 Å². The Morgan fingerprint density at radius 2 is 2.29 bits per heavy atom.